The van der Waals surface area contributed by atoms with Gasteiger partial charge >= 0.3 is 6.03 Å². The molecule has 3 amide bonds. The molecule has 2 rings (SSSR count). The fraction of sp³-hybridized carbons (Fsp3) is 0.833. The number of carbonyl (C=O) groups excluding carboxylic acids is 3. The fourth-order valence-corrected chi connectivity index (χ4v) is 6.15. The predicted molar refractivity (Wildman–Crippen MR) is 102 cm³/mol. The number of nitrogens with one attached hydrogen (secondary N) is 3. The summed E-state index contributed by atoms with van der Waals surface area (Å²) in [5.74, 6) is 0.263. The van der Waals surface area contributed by atoms with Crippen LogP contribution in [0.15, 0.2) is 0 Å². The molecule has 0 aromatic carbocycles. The number of amides is 3. The zero-order valence-electron chi connectivity index (χ0n) is 16.0. The van der Waals surface area contributed by atoms with Crippen molar-refractivity contribution in [1.82, 2.24) is 16.0 Å². The van der Waals surface area contributed by atoms with E-state index in [2.05, 4.69) is 16.0 Å². The summed E-state index contributed by atoms with van der Waals surface area (Å²) in [4.78, 5) is 34.4. The highest BCUT2D eigenvalue weighted by Crippen LogP contribution is 2.28. The maximum Gasteiger partial charge on any atom is 0.315 e. The highest BCUT2D eigenvalue weighted by atomic mass is 32.2. The van der Waals surface area contributed by atoms with Crippen molar-refractivity contribution in [1.29, 1.82) is 0 Å². The van der Waals surface area contributed by atoms with Crippen LogP contribution in [-0.4, -0.2) is 56.3 Å². The molecule has 0 spiro atoms. The molecule has 0 aromatic heterocycles. The average molecular weight is 402 g/mol. The van der Waals surface area contributed by atoms with Crippen molar-refractivity contribution in [3.63, 3.8) is 0 Å². The van der Waals surface area contributed by atoms with Crippen LogP contribution in [-0.2, 0) is 19.4 Å². The van der Waals surface area contributed by atoms with Crippen molar-refractivity contribution in [3.8, 4) is 0 Å². The van der Waals surface area contributed by atoms with Crippen LogP contribution in [0.1, 0.15) is 64.2 Å². The molecular weight excluding hydrogens is 370 g/mol. The highest BCUT2D eigenvalue weighted by molar-refractivity contribution is 7.92. The number of ketones is 1. The first-order valence-corrected chi connectivity index (χ1v) is 11.6. The maximum atomic E-state index is 12.2. The van der Waals surface area contributed by atoms with Gasteiger partial charge in [0.05, 0.1) is 23.1 Å². The Labute approximate surface area is 161 Å². The topological polar surface area (TPSA) is 121 Å². The van der Waals surface area contributed by atoms with Gasteiger partial charge in [-0.3, -0.25) is 9.59 Å². The molecule has 2 heterocycles. The number of rotatable bonds is 12. The summed E-state index contributed by atoms with van der Waals surface area (Å²) in [6.45, 7) is 0. The molecule has 0 saturated carbocycles. The number of sulfone groups is 1. The normalized spacial score (nSPS) is 25.5. The third-order valence-electron chi connectivity index (χ3n) is 5.40. The summed E-state index contributed by atoms with van der Waals surface area (Å²) in [7, 11) is -1.57. The molecule has 27 heavy (non-hydrogen) atoms. The van der Waals surface area contributed by atoms with Crippen LogP contribution in [0.5, 0.6) is 0 Å². The van der Waals surface area contributed by atoms with Gasteiger partial charge in [-0.2, -0.15) is 0 Å². The first-order valence-electron chi connectivity index (χ1n) is 9.84. The Morgan fingerprint density at radius 1 is 1.00 bits per heavy atom. The van der Waals surface area contributed by atoms with E-state index in [-0.39, 0.29) is 35.6 Å². The van der Waals surface area contributed by atoms with Gasteiger partial charge < -0.3 is 16.0 Å². The van der Waals surface area contributed by atoms with Gasteiger partial charge in [0.25, 0.3) is 0 Å². The molecule has 0 bridgehead atoms. The van der Waals surface area contributed by atoms with E-state index in [4.69, 9.17) is 0 Å². The smallest absolute Gasteiger partial charge is 0.315 e. The summed E-state index contributed by atoms with van der Waals surface area (Å²) in [5, 5.41) is 7.40. The summed E-state index contributed by atoms with van der Waals surface area (Å²) in [6.07, 6.45) is 6.96. The van der Waals surface area contributed by atoms with E-state index >= 15 is 0 Å². The molecule has 9 heteroatoms. The SMILES string of the molecule is CNC(=O)CCCCCCC(=O)CCCC[C@H]1[C@H]2NC(=O)N[C@H]2CS1(=O)=O. The third kappa shape index (κ3) is 6.48. The van der Waals surface area contributed by atoms with Crippen LogP contribution in [0.4, 0.5) is 4.79 Å². The van der Waals surface area contributed by atoms with Gasteiger partial charge in [-0.25, -0.2) is 13.2 Å². The number of hydrogen-bond acceptors (Lipinski definition) is 5. The lowest BCUT2D eigenvalue weighted by Crippen LogP contribution is -2.39. The van der Waals surface area contributed by atoms with E-state index in [1.54, 1.807) is 7.05 Å². The quantitative estimate of drug-likeness (QED) is 0.333. The molecule has 2 aliphatic heterocycles. The second-order valence-corrected chi connectivity index (χ2v) is 9.75. The molecule has 0 unspecified atom stereocenters. The summed E-state index contributed by atoms with van der Waals surface area (Å²) < 4.78 is 24.4. The number of carbonyl (C=O) groups is 3. The number of fused-ring (bicyclic) bond motifs is 1. The van der Waals surface area contributed by atoms with E-state index in [1.165, 1.54) is 0 Å². The van der Waals surface area contributed by atoms with Gasteiger partial charge in [-0.15, -0.1) is 0 Å². The third-order valence-corrected chi connectivity index (χ3v) is 7.68. The van der Waals surface area contributed by atoms with Crippen molar-refractivity contribution in [2.75, 3.05) is 12.8 Å². The summed E-state index contributed by atoms with van der Waals surface area (Å²) >= 11 is 0. The molecule has 2 fully saturated rings. The molecule has 154 valence electrons. The number of Topliss-reactive ketones (excluding diaryl/α,β-unsaturated/α-hetero) is 1. The maximum absolute atomic E-state index is 12.2. The highest BCUT2D eigenvalue weighted by Gasteiger charge is 2.51. The molecule has 0 aliphatic carbocycles. The lowest BCUT2D eigenvalue weighted by atomic mass is 10.0. The Morgan fingerprint density at radius 2 is 1.63 bits per heavy atom. The monoisotopic (exact) mass is 401 g/mol. The van der Waals surface area contributed by atoms with E-state index in [0.717, 1.165) is 25.7 Å². The molecule has 8 nitrogen and oxygen atoms in total. The van der Waals surface area contributed by atoms with Crippen LogP contribution in [0.25, 0.3) is 0 Å². The van der Waals surface area contributed by atoms with E-state index in [9.17, 15) is 22.8 Å². The van der Waals surface area contributed by atoms with Crippen molar-refractivity contribution in [2.45, 2.75) is 81.5 Å². The van der Waals surface area contributed by atoms with E-state index in [1.807, 2.05) is 0 Å². The molecule has 3 N–H and O–H groups in total. The molecular formula is C18H31N3O5S. The standard InChI is InChI=1S/C18H31N3O5S/c1-19-16(23)11-5-3-2-4-8-13(22)9-6-7-10-15-17-14(12-27(15,25)26)20-18(24)21-17/h14-15,17H,2-12H2,1H3,(H,19,23)(H2,20,21,24)/t14-,15-,17-/m0/s1. The fourth-order valence-electron chi connectivity index (χ4n) is 3.88. The first kappa shape index (κ1) is 21.7. The van der Waals surface area contributed by atoms with E-state index in [0.29, 0.717) is 38.5 Å². The van der Waals surface area contributed by atoms with Crippen LogP contribution >= 0.6 is 0 Å². The Kier molecular flexibility index (Phi) is 8.07. The predicted octanol–water partition coefficient (Wildman–Crippen LogP) is 1.05. The van der Waals surface area contributed by atoms with Crippen molar-refractivity contribution < 1.29 is 22.8 Å². The number of unbranched alkanes of at least 4 members (excludes halogenated alkanes) is 4. The van der Waals surface area contributed by atoms with Crippen molar-refractivity contribution >= 4 is 27.6 Å². The number of urea groups is 1. The zero-order valence-corrected chi connectivity index (χ0v) is 16.8. The minimum atomic E-state index is -3.19. The van der Waals surface area contributed by atoms with Gasteiger partial charge in [0.1, 0.15) is 5.78 Å². The average Bonchev–Trinajstić information content (AvgIpc) is 3.06. The zero-order chi connectivity index (χ0) is 19.9. The first-order chi connectivity index (χ1) is 12.8. The Hall–Kier alpha value is -1.64. The van der Waals surface area contributed by atoms with Crippen LogP contribution < -0.4 is 16.0 Å². The van der Waals surface area contributed by atoms with Crippen molar-refractivity contribution in [3.05, 3.63) is 0 Å². The van der Waals surface area contributed by atoms with Crippen LogP contribution in [0.2, 0.25) is 0 Å². The second-order valence-electron chi connectivity index (χ2n) is 7.49. The molecule has 0 aromatic rings. The summed E-state index contributed by atoms with van der Waals surface area (Å²) in [5.41, 5.74) is 0. The van der Waals surface area contributed by atoms with Gasteiger partial charge in [0.2, 0.25) is 5.91 Å². The molecule has 2 aliphatic rings. The lowest BCUT2D eigenvalue weighted by molar-refractivity contribution is -0.121. The lowest BCUT2D eigenvalue weighted by Gasteiger charge is -2.16. The Bertz CT molecular complexity index is 649. The van der Waals surface area contributed by atoms with Gasteiger partial charge in [0.15, 0.2) is 9.84 Å². The van der Waals surface area contributed by atoms with Gasteiger partial charge in [-0.1, -0.05) is 19.3 Å². The number of hydrogen-bond donors (Lipinski definition) is 3. The minimum absolute atomic E-state index is 0.0000798. The summed E-state index contributed by atoms with van der Waals surface area (Å²) in [6, 6.07) is -0.957. The van der Waals surface area contributed by atoms with Crippen molar-refractivity contribution in [2.24, 2.45) is 0 Å². The Balaban J connectivity index is 1.55. The van der Waals surface area contributed by atoms with Gasteiger partial charge in [-0.05, 0) is 25.7 Å². The minimum Gasteiger partial charge on any atom is -0.359 e. The van der Waals surface area contributed by atoms with Gasteiger partial charge in [0, 0.05) is 26.3 Å². The van der Waals surface area contributed by atoms with Crippen LogP contribution in [0, 0.1) is 0 Å². The van der Waals surface area contributed by atoms with E-state index < -0.39 is 15.1 Å². The largest absolute Gasteiger partial charge is 0.359 e. The molecule has 3 atom stereocenters. The molecule has 2 saturated heterocycles. The molecule has 0 radical (unpaired) electrons. The van der Waals surface area contributed by atoms with Crippen LogP contribution in [0.3, 0.4) is 0 Å². The second kappa shape index (κ2) is 10.1. The Morgan fingerprint density at radius 3 is 2.30 bits per heavy atom.